The zero-order valence-electron chi connectivity index (χ0n) is 13.3. The largest absolute Gasteiger partial charge is 0.462 e. The van der Waals surface area contributed by atoms with Crippen LogP contribution in [-0.4, -0.2) is 33.3 Å². The van der Waals surface area contributed by atoms with Crippen LogP contribution in [0.3, 0.4) is 0 Å². The molecule has 0 amide bonds. The average molecular weight is 365 g/mol. The summed E-state index contributed by atoms with van der Waals surface area (Å²) >= 11 is 0. The number of hydrogen-bond acceptors (Lipinski definition) is 6. The predicted octanol–water partition coefficient (Wildman–Crippen LogP) is 3.40. The molecule has 128 valence electrons. The standard InChI is InChI=1S/C17H19NO4S2/c1-2-22-17(19)14-8-10-15(11-9-14)18-12-13-23-24(20,21)16-6-4-3-5-7-16/h3-11,18H,2,12-13H2,1H3. The van der Waals surface area contributed by atoms with Crippen LogP contribution in [0.15, 0.2) is 59.5 Å². The van der Waals surface area contributed by atoms with Gasteiger partial charge in [-0.25, -0.2) is 13.2 Å². The Morgan fingerprint density at radius 3 is 2.38 bits per heavy atom. The third kappa shape index (κ3) is 5.28. The molecular weight excluding hydrogens is 346 g/mol. The lowest BCUT2D eigenvalue weighted by Crippen LogP contribution is -2.08. The molecule has 0 saturated carbocycles. The lowest BCUT2D eigenvalue weighted by molar-refractivity contribution is 0.0526. The third-order valence-electron chi connectivity index (χ3n) is 3.10. The maximum absolute atomic E-state index is 12.1. The molecule has 0 heterocycles. The molecule has 0 radical (unpaired) electrons. The monoisotopic (exact) mass is 365 g/mol. The lowest BCUT2D eigenvalue weighted by atomic mass is 10.2. The predicted molar refractivity (Wildman–Crippen MR) is 97.0 cm³/mol. The number of esters is 1. The lowest BCUT2D eigenvalue weighted by Gasteiger charge is -2.08. The number of nitrogens with one attached hydrogen (secondary N) is 1. The van der Waals surface area contributed by atoms with E-state index in [1.165, 1.54) is 0 Å². The van der Waals surface area contributed by atoms with Crippen LogP contribution in [-0.2, 0) is 13.6 Å². The van der Waals surface area contributed by atoms with Crippen LogP contribution in [0.5, 0.6) is 0 Å². The minimum Gasteiger partial charge on any atom is -0.462 e. The Hall–Kier alpha value is -1.99. The molecule has 7 heteroatoms. The Morgan fingerprint density at radius 2 is 1.75 bits per heavy atom. The molecule has 2 rings (SSSR count). The number of hydrogen-bond donors (Lipinski definition) is 1. The molecule has 24 heavy (non-hydrogen) atoms. The highest BCUT2D eigenvalue weighted by molar-refractivity contribution is 8.72. The van der Waals surface area contributed by atoms with E-state index in [2.05, 4.69) is 5.32 Å². The summed E-state index contributed by atoms with van der Waals surface area (Å²) in [7, 11) is -2.42. The summed E-state index contributed by atoms with van der Waals surface area (Å²) in [6.45, 7) is 2.59. The van der Waals surface area contributed by atoms with E-state index in [1.807, 2.05) is 0 Å². The van der Waals surface area contributed by atoms with Crippen molar-refractivity contribution in [2.45, 2.75) is 11.8 Å². The molecule has 1 N–H and O–H groups in total. The Labute approximate surface area is 145 Å². The van der Waals surface area contributed by atoms with Gasteiger partial charge in [-0.2, -0.15) is 0 Å². The topological polar surface area (TPSA) is 72.5 Å². The van der Waals surface area contributed by atoms with E-state index in [9.17, 15) is 13.2 Å². The van der Waals surface area contributed by atoms with Crippen molar-refractivity contribution in [1.82, 2.24) is 0 Å². The molecule has 5 nitrogen and oxygen atoms in total. The molecular formula is C17H19NO4S2. The van der Waals surface area contributed by atoms with E-state index in [0.29, 0.717) is 29.4 Å². The first-order valence-electron chi connectivity index (χ1n) is 7.48. The smallest absolute Gasteiger partial charge is 0.338 e. The first-order chi connectivity index (χ1) is 11.5. The Kier molecular flexibility index (Phi) is 6.69. The Bertz CT molecular complexity index is 759. The summed E-state index contributed by atoms with van der Waals surface area (Å²) in [5, 5.41) is 3.13. The molecule has 2 aromatic carbocycles. The van der Waals surface area contributed by atoms with Gasteiger partial charge in [-0.1, -0.05) is 18.2 Å². The van der Waals surface area contributed by atoms with Gasteiger partial charge >= 0.3 is 5.97 Å². The zero-order chi connectivity index (χ0) is 17.4. The van der Waals surface area contributed by atoms with Crippen LogP contribution < -0.4 is 5.32 Å². The molecule has 2 aromatic rings. The highest BCUT2D eigenvalue weighted by Crippen LogP contribution is 2.22. The maximum Gasteiger partial charge on any atom is 0.338 e. The molecule has 0 saturated heterocycles. The van der Waals surface area contributed by atoms with Crippen LogP contribution in [0.4, 0.5) is 5.69 Å². The Balaban J connectivity index is 1.81. The second-order valence-corrected chi connectivity index (χ2v) is 8.86. The van der Waals surface area contributed by atoms with Crippen molar-refractivity contribution in [2.24, 2.45) is 0 Å². The molecule has 0 aliphatic rings. The number of ether oxygens (including phenoxy) is 1. The molecule has 0 fully saturated rings. The van der Waals surface area contributed by atoms with Gasteiger partial charge in [0.15, 0.2) is 0 Å². The highest BCUT2D eigenvalue weighted by atomic mass is 33.1. The molecule has 0 aliphatic carbocycles. The van der Waals surface area contributed by atoms with Gasteiger partial charge in [0.05, 0.1) is 17.1 Å². The molecule has 0 unspecified atom stereocenters. The van der Waals surface area contributed by atoms with Gasteiger partial charge in [0.2, 0.25) is 8.87 Å². The van der Waals surface area contributed by atoms with Gasteiger partial charge in [-0.3, -0.25) is 0 Å². The zero-order valence-corrected chi connectivity index (χ0v) is 14.9. The van der Waals surface area contributed by atoms with E-state index < -0.39 is 8.87 Å². The second kappa shape index (κ2) is 8.75. The molecule has 0 bridgehead atoms. The second-order valence-electron chi connectivity index (χ2n) is 4.81. The fourth-order valence-electron chi connectivity index (χ4n) is 1.94. The Morgan fingerprint density at radius 1 is 1.08 bits per heavy atom. The molecule has 0 spiro atoms. The summed E-state index contributed by atoms with van der Waals surface area (Å²) < 4.78 is 29.1. The van der Waals surface area contributed by atoms with Gasteiger partial charge in [0.25, 0.3) is 0 Å². The fraction of sp³-hybridized carbons (Fsp3) is 0.235. The van der Waals surface area contributed by atoms with Crippen molar-refractivity contribution in [3.8, 4) is 0 Å². The van der Waals surface area contributed by atoms with E-state index >= 15 is 0 Å². The van der Waals surface area contributed by atoms with Crippen molar-refractivity contribution in [3.05, 3.63) is 60.2 Å². The fourth-order valence-corrected chi connectivity index (χ4v) is 4.62. The molecule has 0 atom stereocenters. The molecule has 0 aromatic heterocycles. The van der Waals surface area contributed by atoms with E-state index in [1.54, 1.807) is 61.5 Å². The normalized spacial score (nSPS) is 11.0. The van der Waals surface area contributed by atoms with Gasteiger partial charge in [0, 0.05) is 18.0 Å². The third-order valence-corrected chi connectivity index (χ3v) is 6.64. The van der Waals surface area contributed by atoms with E-state index in [-0.39, 0.29) is 5.97 Å². The van der Waals surface area contributed by atoms with Crippen LogP contribution in [0.1, 0.15) is 17.3 Å². The van der Waals surface area contributed by atoms with Crippen LogP contribution in [0, 0.1) is 0 Å². The quantitative estimate of drug-likeness (QED) is 0.439. The van der Waals surface area contributed by atoms with Gasteiger partial charge in [-0.15, -0.1) is 0 Å². The van der Waals surface area contributed by atoms with E-state index in [4.69, 9.17) is 4.74 Å². The van der Waals surface area contributed by atoms with Gasteiger partial charge < -0.3 is 10.1 Å². The van der Waals surface area contributed by atoms with Gasteiger partial charge in [0.1, 0.15) is 0 Å². The first-order valence-corrected chi connectivity index (χ1v) is 10.5. The van der Waals surface area contributed by atoms with Crippen LogP contribution in [0.25, 0.3) is 0 Å². The molecule has 0 aliphatic heterocycles. The van der Waals surface area contributed by atoms with Crippen molar-refractivity contribution in [3.63, 3.8) is 0 Å². The maximum atomic E-state index is 12.1. The van der Waals surface area contributed by atoms with Crippen LogP contribution >= 0.6 is 10.8 Å². The minimum absolute atomic E-state index is 0.314. The highest BCUT2D eigenvalue weighted by Gasteiger charge is 2.13. The van der Waals surface area contributed by atoms with Crippen molar-refractivity contribution in [2.75, 3.05) is 24.2 Å². The number of carbonyl (C=O) groups is 1. The SMILES string of the molecule is CCOC(=O)c1ccc(NCCSS(=O)(=O)c2ccccc2)cc1. The number of rotatable bonds is 8. The van der Waals surface area contributed by atoms with Gasteiger partial charge in [-0.05, 0) is 54.1 Å². The number of carbonyl (C=O) groups excluding carboxylic acids is 1. The van der Waals surface area contributed by atoms with Crippen molar-refractivity contribution < 1.29 is 17.9 Å². The summed E-state index contributed by atoms with van der Waals surface area (Å²) in [5.74, 6) is 0.0604. The van der Waals surface area contributed by atoms with E-state index in [0.717, 1.165) is 16.5 Å². The average Bonchev–Trinajstić information content (AvgIpc) is 2.60. The summed E-state index contributed by atoms with van der Waals surface area (Å²) in [5.41, 5.74) is 1.31. The summed E-state index contributed by atoms with van der Waals surface area (Å²) in [6, 6.07) is 15.3. The van der Waals surface area contributed by atoms with Crippen molar-refractivity contribution >= 4 is 31.3 Å². The number of anilines is 1. The summed E-state index contributed by atoms with van der Waals surface area (Å²) in [6.07, 6.45) is 0. The first kappa shape index (κ1) is 18.4. The van der Waals surface area contributed by atoms with Crippen molar-refractivity contribution in [1.29, 1.82) is 0 Å². The number of benzene rings is 2. The minimum atomic E-state index is -3.32. The van der Waals surface area contributed by atoms with Crippen LogP contribution in [0.2, 0.25) is 0 Å². The summed E-state index contributed by atoms with van der Waals surface area (Å²) in [4.78, 5) is 11.9.